The fourth-order valence-corrected chi connectivity index (χ4v) is 1.41. The molecule has 0 saturated carbocycles. The van der Waals surface area contributed by atoms with Crippen LogP contribution in [0.2, 0.25) is 0 Å². The van der Waals surface area contributed by atoms with Crippen LogP contribution in [-0.4, -0.2) is 9.78 Å². The van der Waals surface area contributed by atoms with E-state index in [1.54, 1.807) is 4.68 Å². The minimum atomic E-state index is 0.563. The summed E-state index contributed by atoms with van der Waals surface area (Å²) in [5, 5.41) is 15.9. The van der Waals surface area contributed by atoms with Gasteiger partial charge in [0.25, 0.3) is 0 Å². The lowest BCUT2D eigenvalue weighted by atomic mass is 10.2. The molecule has 1 aromatic heterocycles. The minimum Gasteiger partial charge on any atom is -0.307 e. The van der Waals surface area contributed by atoms with Gasteiger partial charge in [0.2, 0.25) is 0 Å². The molecule has 0 spiro atoms. The average molecular weight is 148 g/mol. The van der Waals surface area contributed by atoms with E-state index in [1.807, 2.05) is 7.05 Å². The van der Waals surface area contributed by atoms with Crippen molar-refractivity contribution in [3.8, 4) is 6.07 Å². The number of aromatic nitrogens is 2. The Kier molecular flexibility index (Phi) is 1.20. The van der Waals surface area contributed by atoms with Gasteiger partial charge in [-0.3, -0.25) is 4.68 Å². The monoisotopic (exact) mass is 148 g/mol. The van der Waals surface area contributed by atoms with Crippen LogP contribution in [0.1, 0.15) is 17.0 Å². The summed E-state index contributed by atoms with van der Waals surface area (Å²) in [4.78, 5) is 0. The molecule has 0 radical (unpaired) electrons. The van der Waals surface area contributed by atoms with Crippen LogP contribution in [0.4, 0.5) is 0 Å². The van der Waals surface area contributed by atoms with Crippen LogP contribution < -0.4 is 5.32 Å². The van der Waals surface area contributed by atoms with Gasteiger partial charge in [0.1, 0.15) is 6.07 Å². The van der Waals surface area contributed by atoms with Crippen LogP contribution in [0.5, 0.6) is 0 Å². The molecule has 0 unspecified atom stereocenters. The van der Waals surface area contributed by atoms with Gasteiger partial charge in [-0.1, -0.05) is 0 Å². The molecule has 0 amide bonds. The van der Waals surface area contributed by atoms with Crippen molar-refractivity contribution < 1.29 is 0 Å². The highest BCUT2D eigenvalue weighted by molar-refractivity contribution is 5.37. The van der Waals surface area contributed by atoms with Gasteiger partial charge in [0.15, 0.2) is 5.69 Å². The van der Waals surface area contributed by atoms with Gasteiger partial charge in [0.05, 0.1) is 5.69 Å². The van der Waals surface area contributed by atoms with Gasteiger partial charge in [-0.2, -0.15) is 10.4 Å². The fourth-order valence-electron chi connectivity index (χ4n) is 1.41. The van der Waals surface area contributed by atoms with Crippen molar-refractivity contribution in [2.24, 2.45) is 7.05 Å². The number of hydrogen-bond donors (Lipinski definition) is 1. The van der Waals surface area contributed by atoms with Crippen LogP contribution in [0.15, 0.2) is 0 Å². The Morgan fingerprint density at radius 1 is 1.64 bits per heavy atom. The first kappa shape index (κ1) is 6.38. The Labute approximate surface area is 64.4 Å². The van der Waals surface area contributed by atoms with E-state index in [-0.39, 0.29) is 0 Å². The van der Waals surface area contributed by atoms with E-state index in [0.717, 1.165) is 24.3 Å². The van der Waals surface area contributed by atoms with Crippen LogP contribution in [0, 0.1) is 11.3 Å². The Balaban J connectivity index is 2.63. The lowest BCUT2D eigenvalue weighted by Crippen LogP contribution is -2.06. The zero-order valence-electron chi connectivity index (χ0n) is 6.26. The molecule has 1 aliphatic heterocycles. The molecule has 0 atom stereocenters. The highest BCUT2D eigenvalue weighted by Gasteiger charge is 2.19. The Hall–Kier alpha value is -1.34. The smallest absolute Gasteiger partial charge is 0.167 e. The summed E-state index contributed by atoms with van der Waals surface area (Å²) in [5.41, 5.74) is 2.77. The normalized spacial score (nSPS) is 14.5. The zero-order chi connectivity index (χ0) is 7.84. The van der Waals surface area contributed by atoms with Gasteiger partial charge < -0.3 is 5.32 Å². The standard InChI is InChI=1S/C7H8N4/c1-11-7-4-9-3-5(7)6(2-8)10-11/h9H,3-4H2,1H3. The summed E-state index contributed by atoms with van der Waals surface area (Å²) in [6, 6.07) is 2.08. The third-order valence-corrected chi connectivity index (χ3v) is 1.97. The predicted octanol–water partition coefficient (Wildman–Crippen LogP) is -0.105. The van der Waals surface area contributed by atoms with Crippen LogP contribution in [-0.2, 0) is 20.1 Å². The summed E-state index contributed by atoms with van der Waals surface area (Å²) in [5.74, 6) is 0. The molecule has 0 aromatic carbocycles. The fraction of sp³-hybridized carbons (Fsp3) is 0.429. The maximum atomic E-state index is 8.66. The molecule has 1 N–H and O–H groups in total. The van der Waals surface area contributed by atoms with Crippen molar-refractivity contribution in [3.05, 3.63) is 17.0 Å². The lowest BCUT2D eigenvalue weighted by Gasteiger charge is -1.92. The topological polar surface area (TPSA) is 53.6 Å². The van der Waals surface area contributed by atoms with Crippen LogP contribution in [0.3, 0.4) is 0 Å². The highest BCUT2D eigenvalue weighted by Crippen LogP contribution is 2.17. The first-order chi connectivity index (χ1) is 5.33. The SMILES string of the molecule is Cn1nc(C#N)c2c1CNC2. The van der Waals surface area contributed by atoms with Crippen LogP contribution >= 0.6 is 0 Å². The summed E-state index contributed by atoms with van der Waals surface area (Å²) < 4.78 is 1.77. The van der Waals surface area contributed by atoms with Crippen molar-refractivity contribution in [1.29, 1.82) is 5.26 Å². The molecular weight excluding hydrogens is 140 g/mol. The van der Waals surface area contributed by atoms with Gasteiger partial charge in [-0.05, 0) is 0 Å². The molecule has 0 bridgehead atoms. The van der Waals surface area contributed by atoms with Crippen molar-refractivity contribution in [2.45, 2.75) is 13.1 Å². The molecule has 4 heteroatoms. The highest BCUT2D eigenvalue weighted by atomic mass is 15.3. The number of nitrogens with zero attached hydrogens (tertiary/aromatic N) is 3. The first-order valence-corrected chi connectivity index (χ1v) is 3.48. The minimum absolute atomic E-state index is 0.563. The van der Waals surface area contributed by atoms with Gasteiger partial charge >= 0.3 is 0 Å². The van der Waals surface area contributed by atoms with E-state index in [9.17, 15) is 0 Å². The molecule has 4 nitrogen and oxygen atoms in total. The second-order valence-corrected chi connectivity index (χ2v) is 2.61. The molecule has 0 aliphatic carbocycles. The average Bonchev–Trinajstić information content (AvgIpc) is 2.54. The van der Waals surface area contributed by atoms with Crippen LogP contribution in [0.25, 0.3) is 0 Å². The quantitative estimate of drug-likeness (QED) is 0.558. The van der Waals surface area contributed by atoms with Crippen molar-refractivity contribution >= 4 is 0 Å². The molecule has 1 aromatic rings. The van der Waals surface area contributed by atoms with E-state index >= 15 is 0 Å². The molecule has 0 fully saturated rings. The van der Waals surface area contributed by atoms with Gasteiger partial charge in [-0.25, -0.2) is 0 Å². The molecule has 56 valence electrons. The van der Waals surface area contributed by atoms with Crippen molar-refractivity contribution in [1.82, 2.24) is 15.1 Å². The van der Waals surface area contributed by atoms with Gasteiger partial charge in [0, 0.05) is 25.7 Å². The largest absolute Gasteiger partial charge is 0.307 e. The molecule has 2 rings (SSSR count). The lowest BCUT2D eigenvalue weighted by molar-refractivity contribution is 0.666. The number of nitrogens with one attached hydrogen (secondary N) is 1. The zero-order valence-corrected chi connectivity index (χ0v) is 6.26. The summed E-state index contributed by atoms with van der Waals surface area (Å²) in [6.45, 7) is 1.62. The number of rotatable bonds is 0. The predicted molar refractivity (Wildman–Crippen MR) is 38.5 cm³/mol. The van der Waals surface area contributed by atoms with Crippen molar-refractivity contribution in [2.75, 3.05) is 0 Å². The van der Waals surface area contributed by atoms with E-state index in [1.165, 1.54) is 0 Å². The Bertz CT molecular complexity index is 331. The number of aryl methyl sites for hydroxylation is 1. The maximum absolute atomic E-state index is 8.66. The Morgan fingerprint density at radius 2 is 2.45 bits per heavy atom. The molecule has 11 heavy (non-hydrogen) atoms. The maximum Gasteiger partial charge on any atom is 0.167 e. The second kappa shape index (κ2) is 2.07. The number of nitriles is 1. The first-order valence-electron chi connectivity index (χ1n) is 3.48. The Morgan fingerprint density at radius 3 is 3.18 bits per heavy atom. The molecule has 0 saturated heterocycles. The van der Waals surface area contributed by atoms with Crippen molar-refractivity contribution in [3.63, 3.8) is 0 Å². The molecular formula is C7H8N4. The second-order valence-electron chi connectivity index (χ2n) is 2.61. The van der Waals surface area contributed by atoms with E-state index in [4.69, 9.17) is 5.26 Å². The van der Waals surface area contributed by atoms with E-state index < -0.39 is 0 Å². The summed E-state index contributed by atoms with van der Waals surface area (Å²) in [6.07, 6.45) is 0. The third-order valence-electron chi connectivity index (χ3n) is 1.97. The number of fused-ring (bicyclic) bond motifs is 1. The van der Waals surface area contributed by atoms with E-state index in [0.29, 0.717) is 5.69 Å². The molecule has 2 heterocycles. The van der Waals surface area contributed by atoms with E-state index in [2.05, 4.69) is 16.5 Å². The van der Waals surface area contributed by atoms with Gasteiger partial charge in [-0.15, -0.1) is 0 Å². The summed E-state index contributed by atoms with van der Waals surface area (Å²) in [7, 11) is 1.87. The third kappa shape index (κ3) is 0.748. The summed E-state index contributed by atoms with van der Waals surface area (Å²) >= 11 is 0. The molecule has 1 aliphatic rings. The number of hydrogen-bond acceptors (Lipinski definition) is 3.